The molecule has 6 nitrogen and oxygen atoms in total. The fourth-order valence-electron chi connectivity index (χ4n) is 2.51. The summed E-state index contributed by atoms with van der Waals surface area (Å²) >= 11 is 0. The van der Waals surface area contributed by atoms with Crippen LogP contribution in [0.25, 0.3) is 0 Å². The average Bonchev–Trinajstić information content (AvgIpc) is 2.59. The molecule has 0 bridgehead atoms. The standard InChI is InChI=1S/C18H18O6/c1-10-5-13(18(24-4)16(6-10)23-3)17(21)12-7-11(20)8-15(22-2)14(12)9-19/h5-9,20H,1-4H3. The number of aromatic hydroxyl groups is 1. The lowest BCUT2D eigenvalue weighted by molar-refractivity contribution is 0.102. The Labute approximate surface area is 139 Å². The monoisotopic (exact) mass is 330 g/mol. The van der Waals surface area contributed by atoms with Crippen LogP contribution in [-0.2, 0) is 0 Å². The van der Waals surface area contributed by atoms with Gasteiger partial charge in [0.25, 0.3) is 0 Å². The van der Waals surface area contributed by atoms with Crippen LogP contribution in [0, 0.1) is 6.92 Å². The number of benzene rings is 2. The summed E-state index contributed by atoms with van der Waals surface area (Å²) in [6.07, 6.45) is 0.519. The number of carbonyl (C=O) groups excluding carboxylic acids is 2. The Bertz CT molecular complexity index is 795. The van der Waals surface area contributed by atoms with Crippen molar-refractivity contribution in [2.75, 3.05) is 21.3 Å². The van der Waals surface area contributed by atoms with Crippen molar-refractivity contribution < 1.29 is 28.9 Å². The maximum Gasteiger partial charge on any atom is 0.197 e. The highest BCUT2D eigenvalue weighted by atomic mass is 16.5. The third-order valence-electron chi connectivity index (χ3n) is 3.58. The Balaban J connectivity index is 2.72. The van der Waals surface area contributed by atoms with E-state index in [0.717, 1.165) is 5.56 Å². The van der Waals surface area contributed by atoms with Gasteiger partial charge in [-0.1, -0.05) is 0 Å². The van der Waals surface area contributed by atoms with Crippen molar-refractivity contribution in [1.82, 2.24) is 0 Å². The summed E-state index contributed by atoms with van der Waals surface area (Å²) in [5.74, 6) is 0.115. The maximum absolute atomic E-state index is 13.0. The number of phenolic OH excluding ortho intramolecular Hbond substituents is 1. The summed E-state index contributed by atoms with van der Waals surface area (Å²) in [5, 5.41) is 9.82. The second-order valence-corrected chi connectivity index (χ2v) is 5.10. The van der Waals surface area contributed by atoms with Gasteiger partial charge in [-0.15, -0.1) is 0 Å². The Morgan fingerprint density at radius 3 is 2.17 bits per heavy atom. The van der Waals surface area contributed by atoms with Crippen LogP contribution in [-0.4, -0.2) is 38.5 Å². The molecule has 0 unspecified atom stereocenters. The molecule has 0 aliphatic heterocycles. The van der Waals surface area contributed by atoms with Crippen molar-refractivity contribution in [3.05, 3.63) is 46.5 Å². The van der Waals surface area contributed by atoms with Crippen LogP contribution in [0.5, 0.6) is 23.0 Å². The minimum Gasteiger partial charge on any atom is -0.508 e. The van der Waals surface area contributed by atoms with Gasteiger partial charge in [0.05, 0.1) is 32.5 Å². The van der Waals surface area contributed by atoms with Crippen LogP contribution < -0.4 is 14.2 Å². The van der Waals surface area contributed by atoms with E-state index >= 15 is 0 Å². The lowest BCUT2D eigenvalue weighted by Crippen LogP contribution is -2.09. The second-order valence-electron chi connectivity index (χ2n) is 5.10. The van der Waals surface area contributed by atoms with Crippen LogP contribution in [0.1, 0.15) is 31.8 Å². The summed E-state index contributed by atoms with van der Waals surface area (Å²) < 4.78 is 15.6. The van der Waals surface area contributed by atoms with Gasteiger partial charge in [-0.2, -0.15) is 0 Å². The van der Waals surface area contributed by atoms with Crippen LogP contribution in [0.3, 0.4) is 0 Å². The van der Waals surface area contributed by atoms with E-state index in [4.69, 9.17) is 14.2 Å². The van der Waals surface area contributed by atoms with Gasteiger partial charge in [0.1, 0.15) is 11.5 Å². The minimum atomic E-state index is -0.481. The molecule has 0 amide bonds. The number of aryl methyl sites for hydroxylation is 1. The first kappa shape index (κ1) is 17.3. The zero-order valence-electron chi connectivity index (χ0n) is 13.9. The van der Waals surface area contributed by atoms with Gasteiger partial charge in [-0.3, -0.25) is 9.59 Å². The SMILES string of the molecule is COc1cc(O)cc(C(=O)c2cc(C)cc(OC)c2OC)c1C=O. The maximum atomic E-state index is 13.0. The van der Waals surface area contributed by atoms with Crippen LogP contribution in [0.2, 0.25) is 0 Å². The Morgan fingerprint density at radius 2 is 1.62 bits per heavy atom. The van der Waals surface area contributed by atoms with E-state index in [2.05, 4.69) is 0 Å². The highest BCUT2D eigenvalue weighted by molar-refractivity contribution is 6.15. The molecule has 2 aromatic rings. The van der Waals surface area contributed by atoms with Crippen molar-refractivity contribution in [3.63, 3.8) is 0 Å². The molecule has 0 saturated heterocycles. The number of carbonyl (C=O) groups is 2. The molecule has 1 N–H and O–H groups in total. The molecule has 2 aromatic carbocycles. The zero-order chi connectivity index (χ0) is 17.9. The summed E-state index contributed by atoms with van der Waals surface area (Å²) in [4.78, 5) is 24.4. The molecular formula is C18H18O6. The van der Waals surface area contributed by atoms with Crippen LogP contribution in [0.4, 0.5) is 0 Å². The van der Waals surface area contributed by atoms with Crippen LogP contribution >= 0.6 is 0 Å². The first-order valence-corrected chi connectivity index (χ1v) is 7.10. The fraction of sp³-hybridized carbons (Fsp3) is 0.222. The largest absolute Gasteiger partial charge is 0.508 e. The first-order valence-electron chi connectivity index (χ1n) is 7.10. The van der Waals surface area contributed by atoms with E-state index in [1.165, 1.54) is 33.5 Å². The average molecular weight is 330 g/mol. The fourth-order valence-corrected chi connectivity index (χ4v) is 2.51. The predicted octanol–water partition coefficient (Wildman–Crippen LogP) is 2.77. The second kappa shape index (κ2) is 7.04. The van der Waals surface area contributed by atoms with Crippen LogP contribution in [0.15, 0.2) is 24.3 Å². The van der Waals surface area contributed by atoms with Gasteiger partial charge in [-0.05, 0) is 30.7 Å². The topological polar surface area (TPSA) is 82.1 Å². The number of phenols is 1. The molecule has 0 aliphatic rings. The summed E-state index contributed by atoms with van der Waals surface area (Å²) in [5.41, 5.74) is 1.09. The van der Waals surface area contributed by atoms with Crippen molar-refractivity contribution in [2.24, 2.45) is 0 Å². The van der Waals surface area contributed by atoms with E-state index in [-0.39, 0.29) is 33.9 Å². The summed E-state index contributed by atoms with van der Waals surface area (Å²) in [6, 6.07) is 5.87. The molecule has 0 aromatic heterocycles. The van der Waals surface area contributed by atoms with E-state index in [9.17, 15) is 14.7 Å². The molecule has 0 fully saturated rings. The molecule has 24 heavy (non-hydrogen) atoms. The summed E-state index contributed by atoms with van der Waals surface area (Å²) in [6.45, 7) is 1.81. The molecule has 0 atom stereocenters. The first-order chi connectivity index (χ1) is 11.5. The summed E-state index contributed by atoms with van der Waals surface area (Å²) in [7, 11) is 4.25. The molecule has 0 aliphatic carbocycles. The number of aldehydes is 1. The smallest absolute Gasteiger partial charge is 0.197 e. The van der Waals surface area contributed by atoms with Gasteiger partial charge in [0, 0.05) is 11.6 Å². The molecule has 126 valence electrons. The molecular weight excluding hydrogens is 312 g/mol. The zero-order valence-corrected chi connectivity index (χ0v) is 13.9. The van der Waals surface area contributed by atoms with Gasteiger partial charge in [-0.25, -0.2) is 0 Å². The Morgan fingerprint density at radius 1 is 0.958 bits per heavy atom. The molecule has 2 rings (SSSR count). The van der Waals surface area contributed by atoms with Crippen molar-refractivity contribution in [2.45, 2.75) is 6.92 Å². The number of hydrogen-bond donors (Lipinski definition) is 1. The van der Waals surface area contributed by atoms with Crippen molar-refractivity contribution >= 4 is 12.1 Å². The predicted molar refractivity (Wildman–Crippen MR) is 87.8 cm³/mol. The molecule has 0 heterocycles. The van der Waals surface area contributed by atoms with Crippen molar-refractivity contribution in [1.29, 1.82) is 0 Å². The highest BCUT2D eigenvalue weighted by Crippen LogP contribution is 2.36. The van der Waals surface area contributed by atoms with E-state index in [1.807, 2.05) is 6.92 Å². The highest BCUT2D eigenvalue weighted by Gasteiger charge is 2.24. The number of ketones is 1. The molecule has 0 radical (unpaired) electrons. The van der Waals surface area contributed by atoms with Gasteiger partial charge >= 0.3 is 0 Å². The van der Waals surface area contributed by atoms with Gasteiger partial charge < -0.3 is 19.3 Å². The van der Waals surface area contributed by atoms with Gasteiger partial charge in [0.15, 0.2) is 23.6 Å². The number of hydrogen-bond acceptors (Lipinski definition) is 6. The number of methoxy groups -OCH3 is 3. The quantitative estimate of drug-likeness (QED) is 0.648. The molecule has 0 spiro atoms. The van der Waals surface area contributed by atoms with E-state index < -0.39 is 5.78 Å². The third-order valence-corrected chi connectivity index (χ3v) is 3.58. The Kier molecular flexibility index (Phi) is 5.08. The minimum absolute atomic E-state index is 0.0211. The van der Waals surface area contributed by atoms with E-state index in [1.54, 1.807) is 12.1 Å². The molecule has 6 heteroatoms. The molecule has 0 saturated carbocycles. The van der Waals surface area contributed by atoms with Gasteiger partial charge in [0.2, 0.25) is 0 Å². The number of rotatable bonds is 6. The normalized spacial score (nSPS) is 10.2. The Hall–Kier alpha value is -3.02. The lowest BCUT2D eigenvalue weighted by Gasteiger charge is -2.15. The lowest BCUT2D eigenvalue weighted by atomic mass is 9.95. The van der Waals surface area contributed by atoms with Crippen molar-refractivity contribution in [3.8, 4) is 23.0 Å². The third kappa shape index (κ3) is 3.03. The number of ether oxygens (including phenoxy) is 3. The van der Waals surface area contributed by atoms with E-state index in [0.29, 0.717) is 12.0 Å².